The SMILES string of the molecule is C#CC1CC(=O)N(c2cc(Br)[nH]n2)C1. The van der Waals surface area contributed by atoms with Gasteiger partial charge in [0.2, 0.25) is 5.91 Å². The molecule has 0 saturated carbocycles. The zero-order valence-corrected chi connectivity index (χ0v) is 8.91. The molecule has 0 aromatic carbocycles. The van der Waals surface area contributed by atoms with Gasteiger partial charge in [0.25, 0.3) is 0 Å². The molecular weight excluding hydrogens is 246 g/mol. The number of amides is 1. The van der Waals surface area contributed by atoms with Gasteiger partial charge in [-0.3, -0.25) is 14.8 Å². The molecule has 14 heavy (non-hydrogen) atoms. The van der Waals surface area contributed by atoms with Crippen LogP contribution < -0.4 is 4.90 Å². The maximum Gasteiger partial charge on any atom is 0.229 e. The Bertz CT molecular complexity index is 406. The molecule has 0 radical (unpaired) electrons. The highest BCUT2D eigenvalue weighted by atomic mass is 79.9. The average molecular weight is 254 g/mol. The fourth-order valence-electron chi connectivity index (χ4n) is 1.47. The number of anilines is 1. The summed E-state index contributed by atoms with van der Waals surface area (Å²) in [6, 6.07) is 1.76. The third kappa shape index (κ3) is 1.53. The van der Waals surface area contributed by atoms with Crippen LogP contribution in [0.4, 0.5) is 5.82 Å². The number of carbonyl (C=O) groups is 1. The minimum atomic E-state index is 0.0120. The predicted molar refractivity (Wildman–Crippen MR) is 55.6 cm³/mol. The van der Waals surface area contributed by atoms with Gasteiger partial charge >= 0.3 is 0 Å². The van der Waals surface area contributed by atoms with Crippen LogP contribution in [0.1, 0.15) is 6.42 Å². The molecule has 1 aromatic rings. The van der Waals surface area contributed by atoms with Crippen LogP contribution in [0.15, 0.2) is 10.7 Å². The number of nitrogens with zero attached hydrogens (tertiary/aromatic N) is 2. The zero-order valence-electron chi connectivity index (χ0n) is 7.33. The molecule has 0 bridgehead atoms. The Morgan fingerprint density at radius 3 is 3.07 bits per heavy atom. The van der Waals surface area contributed by atoms with Crippen LogP contribution in [-0.4, -0.2) is 22.6 Å². The molecule has 1 atom stereocenters. The van der Waals surface area contributed by atoms with E-state index in [9.17, 15) is 4.79 Å². The molecule has 1 aromatic heterocycles. The smallest absolute Gasteiger partial charge is 0.229 e. The van der Waals surface area contributed by atoms with Crippen molar-refractivity contribution in [3.63, 3.8) is 0 Å². The summed E-state index contributed by atoms with van der Waals surface area (Å²) in [5, 5.41) is 6.70. The van der Waals surface area contributed by atoms with Crippen molar-refractivity contribution in [2.45, 2.75) is 6.42 Å². The lowest BCUT2D eigenvalue weighted by Crippen LogP contribution is -2.24. The van der Waals surface area contributed by atoms with Crippen LogP contribution in [0.5, 0.6) is 0 Å². The van der Waals surface area contributed by atoms with Gasteiger partial charge in [-0.1, -0.05) is 0 Å². The minimum Gasteiger partial charge on any atom is -0.294 e. The van der Waals surface area contributed by atoms with Gasteiger partial charge in [0.05, 0.1) is 0 Å². The van der Waals surface area contributed by atoms with E-state index in [1.807, 2.05) is 0 Å². The van der Waals surface area contributed by atoms with E-state index in [2.05, 4.69) is 32.0 Å². The van der Waals surface area contributed by atoms with Crippen LogP contribution >= 0.6 is 15.9 Å². The normalized spacial score (nSPS) is 21.3. The molecule has 2 rings (SSSR count). The number of nitrogens with one attached hydrogen (secondary N) is 1. The number of H-pyrrole nitrogens is 1. The molecule has 1 unspecified atom stereocenters. The van der Waals surface area contributed by atoms with Gasteiger partial charge in [-0.25, -0.2) is 0 Å². The van der Waals surface area contributed by atoms with E-state index < -0.39 is 0 Å². The highest BCUT2D eigenvalue weighted by molar-refractivity contribution is 9.10. The van der Waals surface area contributed by atoms with Crippen molar-refractivity contribution in [1.82, 2.24) is 10.2 Å². The summed E-state index contributed by atoms with van der Waals surface area (Å²) in [5.41, 5.74) is 0. The monoisotopic (exact) mass is 253 g/mol. The van der Waals surface area contributed by atoms with E-state index in [1.165, 1.54) is 0 Å². The molecule has 1 saturated heterocycles. The highest BCUT2D eigenvalue weighted by Gasteiger charge is 2.30. The average Bonchev–Trinajstić information content (AvgIpc) is 2.71. The standard InChI is InChI=1S/C9H8BrN3O/c1-2-6-3-9(14)13(5-6)8-4-7(10)11-12-8/h1,4,6H,3,5H2,(H,11,12). The second kappa shape index (κ2) is 3.46. The molecule has 5 heteroatoms. The predicted octanol–water partition coefficient (Wildman–Crippen LogP) is 1.16. The van der Waals surface area contributed by atoms with E-state index >= 15 is 0 Å². The van der Waals surface area contributed by atoms with Crippen LogP contribution in [0.3, 0.4) is 0 Å². The number of halogens is 1. The Labute approximate surface area is 89.8 Å². The second-order valence-corrected chi connectivity index (χ2v) is 4.00. The Hall–Kier alpha value is -1.28. The summed E-state index contributed by atoms with van der Waals surface area (Å²) in [7, 11) is 0. The second-order valence-electron chi connectivity index (χ2n) is 3.15. The number of hydrogen-bond acceptors (Lipinski definition) is 2. The Morgan fingerprint density at radius 1 is 1.79 bits per heavy atom. The van der Waals surface area contributed by atoms with Gasteiger partial charge in [0, 0.05) is 24.9 Å². The molecule has 1 N–H and O–H groups in total. The van der Waals surface area contributed by atoms with E-state index in [4.69, 9.17) is 6.42 Å². The molecule has 1 amide bonds. The molecule has 72 valence electrons. The Morgan fingerprint density at radius 2 is 2.57 bits per heavy atom. The highest BCUT2D eigenvalue weighted by Crippen LogP contribution is 2.24. The first-order valence-electron chi connectivity index (χ1n) is 4.18. The summed E-state index contributed by atoms with van der Waals surface area (Å²) in [6.45, 7) is 0.562. The van der Waals surface area contributed by atoms with Gasteiger partial charge in [0.1, 0.15) is 4.60 Å². The number of rotatable bonds is 1. The van der Waals surface area contributed by atoms with Crippen LogP contribution in [-0.2, 0) is 4.79 Å². The van der Waals surface area contributed by atoms with E-state index in [1.54, 1.807) is 11.0 Å². The minimum absolute atomic E-state index is 0.0120. The van der Waals surface area contributed by atoms with Crippen molar-refractivity contribution in [2.75, 3.05) is 11.4 Å². The molecule has 1 aliphatic heterocycles. The van der Waals surface area contributed by atoms with Crippen molar-refractivity contribution in [2.24, 2.45) is 5.92 Å². The number of hydrogen-bond donors (Lipinski definition) is 1. The summed E-state index contributed by atoms with van der Waals surface area (Å²) in [6.07, 6.45) is 5.69. The lowest BCUT2D eigenvalue weighted by atomic mass is 10.1. The van der Waals surface area contributed by atoms with Gasteiger partial charge in [-0.15, -0.1) is 12.3 Å². The quantitative estimate of drug-likeness (QED) is 0.764. The van der Waals surface area contributed by atoms with E-state index in [0.29, 0.717) is 18.8 Å². The number of aromatic nitrogens is 2. The van der Waals surface area contributed by atoms with Crippen LogP contribution in [0.2, 0.25) is 0 Å². The first kappa shape index (κ1) is 9.28. The van der Waals surface area contributed by atoms with E-state index in [-0.39, 0.29) is 11.8 Å². The number of terminal acetylenes is 1. The van der Waals surface area contributed by atoms with Crippen LogP contribution in [0, 0.1) is 18.3 Å². The topological polar surface area (TPSA) is 49.0 Å². The molecule has 1 aliphatic rings. The number of carbonyl (C=O) groups excluding carboxylic acids is 1. The molecule has 1 fully saturated rings. The summed E-state index contributed by atoms with van der Waals surface area (Å²) >= 11 is 3.24. The Balaban J connectivity index is 2.21. The summed E-state index contributed by atoms with van der Waals surface area (Å²) < 4.78 is 0.754. The molecular formula is C9H8BrN3O. The summed E-state index contributed by atoms with van der Waals surface area (Å²) in [5.74, 6) is 3.26. The molecule has 4 nitrogen and oxygen atoms in total. The fourth-order valence-corrected chi connectivity index (χ4v) is 1.76. The van der Waals surface area contributed by atoms with Crippen molar-refractivity contribution < 1.29 is 4.79 Å². The number of aromatic amines is 1. The maximum atomic E-state index is 11.5. The van der Waals surface area contributed by atoms with Crippen molar-refractivity contribution in [3.05, 3.63) is 10.7 Å². The largest absolute Gasteiger partial charge is 0.294 e. The first-order valence-corrected chi connectivity index (χ1v) is 4.97. The van der Waals surface area contributed by atoms with Crippen molar-refractivity contribution in [3.8, 4) is 12.3 Å². The van der Waals surface area contributed by atoms with Crippen LogP contribution in [0.25, 0.3) is 0 Å². The fraction of sp³-hybridized carbons (Fsp3) is 0.333. The molecule has 0 aliphatic carbocycles. The third-order valence-electron chi connectivity index (χ3n) is 2.17. The molecule has 2 heterocycles. The Kier molecular flexibility index (Phi) is 2.30. The van der Waals surface area contributed by atoms with Gasteiger partial charge < -0.3 is 0 Å². The van der Waals surface area contributed by atoms with Crippen molar-refractivity contribution >= 4 is 27.7 Å². The lowest BCUT2D eigenvalue weighted by Gasteiger charge is -2.10. The van der Waals surface area contributed by atoms with E-state index in [0.717, 1.165) is 4.60 Å². The third-order valence-corrected chi connectivity index (χ3v) is 2.58. The lowest BCUT2D eigenvalue weighted by molar-refractivity contribution is -0.117. The van der Waals surface area contributed by atoms with Gasteiger partial charge in [0.15, 0.2) is 5.82 Å². The maximum absolute atomic E-state index is 11.5. The van der Waals surface area contributed by atoms with Gasteiger partial charge in [-0.2, -0.15) is 5.10 Å². The zero-order chi connectivity index (χ0) is 10.1. The molecule has 0 spiro atoms. The summed E-state index contributed by atoms with van der Waals surface area (Å²) in [4.78, 5) is 13.1. The van der Waals surface area contributed by atoms with Gasteiger partial charge in [-0.05, 0) is 15.9 Å². The first-order chi connectivity index (χ1) is 6.70. The van der Waals surface area contributed by atoms with Crippen molar-refractivity contribution in [1.29, 1.82) is 0 Å².